The summed E-state index contributed by atoms with van der Waals surface area (Å²) in [7, 11) is 0. The second kappa shape index (κ2) is 27.5. The third kappa shape index (κ3) is 13.8. The summed E-state index contributed by atoms with van der Waals surface area (Å²) in [6.07, 6.45) is 20.6. The summed E-state index contributed by atoms with van der Waals surface area (Å²) in [5.41, 5.74) is 18.3. The van der Waals surface area contributed by atoms with Gasteiger partial charge in [0.05, 0.1) is 26.3 Å². The molecule has 9 N–H and O–H groups in total. The Morgan fingerprint density at radius 2 is 1.07 bits per heavy atom. The Morgan fingerprint density at radius 3 is 1.50 bits per heavy atom. The number of nitrogen functional groups attached to an aromatic ring is 2. The number of nitrogens with zero attached hydrogens (tertiary/aromatic N) is 12. The van der Waals surface area contributed by atoms with Gasteiger partial charge in [-0.05, 0) is 81.2 Å². The average molecular weight is 1020 g/mol. The number of halogens is 1. The second-order valence-corrected chi connectivity index (χ2v) is 16.3. The van der Waals surface area contributed by atoms with Crippen molar-refractivity contribution in [3.63, 3.8) is 0 Å². The molecule has 18 nitrogen and oxygen atoms in total. The topological polar surface area (TPSA) is 260 Å². The summed E-state index contributed by atoms with van der Waals surface area (Å²) in [4.78, 5) is 36.8. The number of aryl methyl sites for hydroxylation is 2. The van der Waals surface area contributed by atoms with Gasteiger partial charge in [0.15, 0.2) is 57.3 Å². The first-order valence-electron chi connectivity index (χ1n) is 22.8. The van der Waals surface area contributed by atoms with E-state index in [1.807, 2.05) is 93.1 Å². The van der Waals surface area contributed by atoms with Gasteiger partial charge in [0.2, 0.25) is 0 Å². The van der Waals surface area contributed by atoms with Crippen LogP contribution in [0, 0.1) is 0 Å². The van der Waals surface area contributed by atoms with Crippen molar-refractivity contribution in [2.24, 2.45) is 0 Å². The predicted molar refractivity (Wildman–Crippen MR) is 285 cm³/mol. The average Bonchev–Trinajstić information content (AvgIpc) is 4.15. The smallest absolute Gasteiger partial charge is 0.299 e. The first-order chi connectivity index (χ1) is 33.2. The number of fused-ring (bicyclic) bond motifs is 2. The molecule has 0 atom stereocenters. The Morgan fingerprint density at radius 1 is 0.614 bits per heavy atom. The number of unbranched alkanes of at least 4 members (excludes halogenated alkanes) is 2. The molecule has 19 heteroatoms. The molecule has 0 fully saturated rings. The molecule has 0 aliphatic rings. The quantitative estimate of drug-likeness (QED) is 0.0448. The zero-order chi connectivity index (χ0) is 48.4. The molecule has 6 aromatic heterocycles. The van der Waals surface area contributed by atoms with Crippen LogP contribution in [0.3, 0.4) is 0 Å². The van der Waals surface area contributed by atoms with Gasteiger partial charge < -0.3 is 41.7 Å². The molecule has 0 radical (unpaired) electrons. The van der Waals surface area contributed by atoms with Crippen LogP contribution in [-0.2, 0) is 32.6 Å². The van der Waals surface area contributed by atoms with Crippen LogP contribution in [0.25, 0.3) is 45.6 Å². The van der Waals surface area contributed by atoms with Crippen molar-refractivity contribution >= 4 is 49.9 Å². The van der Waals surface area contributed by atoms with E-state index in [2.05, 4.69) is 103 Å². The van der Waals surface area contributed by atoms with Crippen molar-refractivity contribution in [2.45, 2.75) is 85.5 Å². The van der Waals surface area contributed by atoms with E-state index in [0.717, 1.165) is 67.2 Å². The van der Waals surface area contributed by atoms with Crippen molar-refractivity contribution in [3.8, 4) is 35.3 Å². The highest BCUT2D eigenvalue weighted by molar-refractivity contribution is 9.10. The standard InChI is InChI=1S/C25H29N7O.C22H24BrN7O.C4H8.H3N.H2O/c1-4-7-8-14-31-15-13-27-24(31)22-29-21(26)20-23(30-22)32(25(28-20)33-6-3)17-19-12-9-11-18(16-19)10-5-2;1-3-5-6-11-29-12-10-25-21(29)19-27-18(24)17-20(28-19)30(22(26-17)31-4-2)14-15-8-7-9-16(23)13-15;1-3-4-2;;/h4-5,9,11-13,15-16H,1-2,6-8,10,14,17H2,3H3,(H2,26,29,30);3,7-10,12-13H,1,4-6,11,14H2,2H3,(H2,24,27,28);3H,1,4H2,2H3;1H3;1H2. The van der Waals surface area contributed by atoms with Crippen molar-refractivity contribution in [2.75, 3.05) is 24.7 Å². The van der Waals surface area contributed by atoms with Crippen LogP contribution in [0.5, 0.6) is 12.0 Å². The number of anilines is 2. The number of imidazole rings is 4. The Balaban J connectivity index is 0.000000276. The number of ether oxygens (including phenoxy) is 2. The maximum atomic E-state index is 6.33. The molecule has 8 aromatic rings. The zero-order valence-electron chi connectivity index (χ0n) is 40.5. The molecular formula is C51H66BrN15O3. The fourth-order valence-electron chi connectivity index (χ4n) is 7.19. The van der Waals surface area contributed by atoms with Crippen LogP contribution in [0.4, 0.5) is 11.6 Å². The van der Waals surface area contributed by atoms with E-state index in [-0.39, 0.29) is 11.6 Å². The van der Waals surface area contributed by atoms with E-state index in [1.54, 1.807) is 12.4 Å². The Bertz CT molecular complexity index is 2950. The summed E-state index contributed by atoms with van der Waals surface area (Å²) >= 11 is 3.53. The third-order valence-corrected chi connectivity index (χ3v) is 10.9. The van der Waals surface area contributed by atoms with Crippen LogP contribution in [0.1, 0.15) is 69.6 Å². The number of hydrogen-bond acceptors (Lipinski definition) is 13. The van der Waals surface area contributed by atoms with Gasteiger partial charge in [-0.25, -0.2) is 29.9 Å². The minimum atomic E-state index is 0. The van der Waals surface area contributed by atoms with Crippen molar-refractivity contribution in [1.82, 2.24) is 64.3 Å². The molecule has 0 aliphatic carbocycles. The Hall–Kier alpha value is -7.48. The highest BCUT2D eigenvalue weighted by Crippen LogP contribution is 2.30. The van der Waals surface area contributed by atoms with Crippen molar-refractivity contribution < 1.29 is 14.9 Å². The van der Waals surface area contributed by atoms with E-state index >= 15 is 0 Å². The number of benzene rings is 2. The van der Waals surface area contributed by atoms with Crippen LogP contribution in [0.2, 0.25) is 0 Å². The van der Waals surface area contributed by atoms with E-state index in [9.17, 15) is 0 Å². The van der Waals surface area contributed by atoms with Gasteiger partial charge in [0.1, 0.15) is 0 Å². The number of nitrogens with two attached hydrogens (primary N) is 2. The minimum Gasteiger partial charge on any atom is -0.465 e. The van der Waals surface area contributed by atoms with E-state index < -0.39 is 0 Å². The highest BCUT2D eigenvalue weighted by atomic mass is 79.9. The lowest BCUT2D eigenvalue weighted by Crippen LogP contribution is -2.08. The van der Waals surface area contributed by atoms with Gasteiger partial charge in [-0.1, -0.05) is 83.6 Å². The molecule has 0 bridgehead atoms. The Kier molecular flexibility index (Phi) is 21.7. The summed E-state index contributed by atoms with van der Waals surface area (Å²) in [5.74, 6) is 2.88. The minimum absolute atomic E-state index is 0. The molecule has 8 rings (SSSR count). The van der Waals surface area contributed by atoms with Gasteiger partial charge in [0.25, 0.3) is 12.0 Å². The third-order valence-electron chi connectivity index (χ3n) is 10.4. The fraction of sp³-hybridized carbons (Fsp3) is 0.294. The van der Waals surface area contributed by atoms with Crippen LogP contribution < -0.4 is 27.1 Å². The largest absolute Gasteiger partial charge is 0.465 e. The lowest BCUT2D eigenvalue weighted by atomic mass is 10.1. The van der Waals surface area contributed by atoms with Crippen molar-refractivity contribution in [1.29, 1.82) is 0 Å². The Labute approximate surface area is 418 Å². The van der Waals surface area contributed by atoms with Gasteiger partial charge in [-0.3, -0.25) is 9.13 Å². The normalized spacial score (nSPS) is 10.5. The number of allylic oxidation sites excluding steroid dienone is 4. The van der Waals surface area contributed by atoms with Crippen molar-refractivity contribution in [3.05, 3.63) is 145 Å². The summed E-state index contributed by atoms with van der Waals surface area (Å²) in [5, 5.41) is 0. The number of hydrogen-bond donors (Lipinski definition) is 3. The SMILES string of the molecule is C=CCC.C=CCCCn1ccnc1-c1nc(N)c2nc(OCC)n(Cc3cccc(Br)c3)c2n1.C=CCCCn1ccnc1-c1nc(N)c2nc(OCC)n(Cc3cccc(CC=C)c3)c2n1.N.O. The molecule has 0 amide bonds. The van der Waals surface area contributed by atoms with Gasteiger partial charge >= 0.3 is 0 Å². The van der Waals surface area contributed by atoms with E-state index in [0.29, 0.717) is 95.6 Å². The van der Waals surface area contributed by atoms with Gasteiger partial charge in [-0.15, -0.1) is 26.3 Å². The lowest BCUT2D eigenvalue weighted by molar-refractivity contribution is 0.300. The van der Waals surface area contributed by atoms with Crippen LogP contribution in [-0.4, -0.2) is 76.8 Å². The summed E-state index contributed by atoms with van der Waals surface area (Å²) < 4.78 is 20.5. The molecule has 70 heavy (non-hydrogen) atoms. The monoisotopic (exact) mass is 1020 g/mol. The van der Waals surface area contributed by atoms with E-state index in [4.69, 9.17) is 30.9 Å². The molecule has 370 valence electrons. The summed E-state index contributed by atoms with van der Waals surface area (Å²) in [6.45, 7) is 24.4. The number of rotatable bonds is 21. The number of aromatic nitrogens is 12. The molecule has 6 heterocycles. The first-order valence-corrected chi connectivity index (χ1v) is 23.6. The molecule has 0 unspecified atom stereocenters. The van der Waals surface area contributed by atoms with Gasteiger partial charge in [-0.2, -0.15) is 9.97 Å². The maximum Gasteiger partial charge on any atom is 0.299 e. The van der Waals surface area contributed by atoms with E-state index in [1.165, 1.54) is 5.56 Å². The molecule has 2 aromatic carbocycles. The van der Waals surface area contributed by atoms with Gasteiger partial charge in [0, 0.05) is 42.3 Å². The zero-order valence-corrected chi connectivity index (χ0v) is 42.1. The maximum absolute atomic E-state index is 6.33. The van der Waals surface area contributed by atoms with Crippen LogP contribution >= 0.6 is 15.9 Å². The fourth-order valence-corrected chi connectivity index (χ4v) is 7.64. The lowest BCUT2D eigenvalue weighted by Gasteiger charge is -2.11. The predicted octanol–water partition coefficient (Wildman–Crippen LogP) is 9.78. The van der Waals surface area contributed by atoms with Crippen LogP contribution in [0.15, 0.2) is 128 Å². The summed E-state index contributed by atoms with van der Waals surface area (Å²) in [6, 6.07) is 17.4. The second-order valence-electron chi connectivity index (χ2n) is 15.4. The highest BCUT2D eigenvalue weighted by Gasteiger charge is 2.22. The molecular weight excluding hydrogens is 951 g/mol. The molecule has 0 spiro atoms. The first kappa shape index (κ1) is 55.1. The molecule has 0 saturated heterocycles. The molecule has 0 saturated carbocycles. The molecule has 0 aliphatic heterocycles.